The number of nitrogens with one attached hydrogen (secondary N) is 2. The summed E-state index contributed by atoms with van der Waals surface area (Å²) in [5.74, 6) is -0.935. The van der Waals surface area contributed by atoms with Gasteiger partial charge in [0.1, 0.15) is 17.3 Å². The number of hydrogen-bond acceptors (Lipinski definition) is 3. The predicted octanol–water partition coefficient (Wildman–Crippen LogP) is 3.67. The summed E-state index contributed by atoms with van der Waals surface area (Å²) in [7, 11) is 1.42. The van der Waals surface area contributed by atoms with Gasteiger partial charge in [-0.15, -0.1) is 24.0 Å². The van der Waals surface area contributed by atoms with E-state index in [1.54, 1.807) is 4.90 Å². The molecule has 1 aromatic carbocycles. The molecule has 1 aromatic heterocycles. The molecule has 1 saturated heterocycles. The number of halogens is 6. The third-order valence-corrected chi connectivity index (χ3v) is 4.71. The number of hydrogen-bond donors (Lipinski definition) is 2. The van der Waals surface area contributed by atoms with Crippen molar-refractivity contribution in [2.24, 2.45) is 12.0 Å². The summed E-state index contributed by atoms with van der Waals surface area (Å²) < 4.78 is 68.5. The minimum atomic E-state index is -4.56. The van der Waals surface area contributed by atoms with Crippen LogP contribution >= 0.6 is 24.0 Å². The molecule has 2 N–H and O–H groups in total. The van der Waals surface area contributed by atoms with Crippen molar-refractivity contribution in [1.82, 2.24) is 20.4 Å². The van der Waals surface area contributed by atoms with Gasteiger partial charge in [0.05, 0.1) is 6.54 Å². The number of anilines is 1. The molecule has 0 amide bonds. The van der Waals surface area contributed by atoms with Crippen LogP contribution in [0.1, 0.15) is 24.6 Å². The molecule has 0 aliphatic carbocycles. The van der Waals surface area contributed by atoms with Crippen LogP contribution in [0.5, 0.6) is 0 Å². The maximum Gasteiger partial charge on any atom is 0.435 e. The summed E-state index contributed by atoms with van der Waals surface area (Å²) in [4.78, 5) is 5.85. The first-order valence-corrected chi connectivity index (χ1v) is 9.52. The average molecular weight is 558 g/mol. The standard InChI is InChI=1S/C19H23F5N6.HI/c1-3-25-18(26-9-12-10-29(2)28-17(12)19(22,23)24)27-13-7-8-30(11-13)16-14(20)5-4-6-15(16)21;/h4-6,10,13H,3,7-9,11H2,1-2H3,(H2,25,26,27);1H. The lowest BCUT2D eigenvalue weighted by Crippen LogP contribution is -2.44. The van der Waals surface area contributed by atoms with Crippen LogP contribution in [0.4, 0.5) is 27.6 Å². The molecule has 6 nitrogen and oxygen atoms in total. The molecule has 1 aliphatic rings. The van der Waals surface area contributed by atoms with Gasteiger partial charge in [-0.3, -0.25) is 4.68 Å². The van der Waals surface area contributed by atoms with Crippen molar-refractivity contribution in [3.63, 3.8) is 0 Å². The van der Waals surface area contributed by atoms with E-state index >= 15 is 0 Å². The number of nitrogens with zero attached hydrogens (tertiary/aromatic N) is 4. The average Bonchev–Trinajstić information content (AvgIpc) is 3.26. The highest BCUT2D eigenvalue weighted by atomic mass is 127. The molecule has 1 atom stereocenters. The summed E-state index contributed by atoms with van der Waals surface area (Å²) in [6.45, 7) is 2.90. The SMILES string of the molecule is CCNC(=NCc1cn(C)nc1C(F)(F)F)NC1CCN(c2c(F)cccc2F)C1.I. The fourth-order valence-electron chi connectivity index (χ4n) is 3.44. The minimum Gasteiger partial charge on any atom is -0.365 e. The Morgan fingerprint density at radius 3 is 2.55 bits per heavy atom. The lowest BCUT2D eigenvalue weighted by atomic mass is 10.2. The van der Waals surface area contributed by atoms with Gasteiger partial charge in [0.15, 0.2) is 11.7 Å². The number of aliphatic imine (C=N–C) groups is 1. The van der Waals surface area contributed by atoms with Gasteiger partial charge in [-0.05, 0) is 25.5 Å². The molecule has 1 fully saturated rings. The Bertz CT molecular complexity index is 893. The molecule has 3 rings (SSSR count). The highest BCUT2D eigenvalue weighted by Gasteiger charge is 2.36. The van der Waals surface area contributed by atoms with E-state index in [1.807, 2.05) is 6.92 Å². The molecule has 0 bridgehead atoms. The molecule has 0 spiro atoms. The smallest absolute Gasteiger partial charge is 0.365 e. The lowest BCUT2D eigenvalue weighted by Gasteiger charge is -2.21. The zero-order valence-corrected chi connectivity index (χ0v) is 19.3. The van der Waals surface area contributed by atoms with Gasteiger partial charge in [0, 0.05) is 44.5 Å². The number of rotatable bonds is 5. The van der Waals surface area contributed by atoms with Gasteiger partial charge in [-0.2, -0.15) is 18.3 Å². The Hall–Kier alpha value is -2.12. The normalized spacial score (nSPS) is 16.9. The molecule has 2 aromatic rings. The molecule has 2 heterocycles. The molecule has 31 heavy (non-hydrogen) atoms. The fourth-order valence-corrected chi connectivity index (χ4v) is 3.44. The van der Waals surface area contributed by atoms with Gasteiger partial charge in [0.2, 0.25) is 0 Å². The van der Waals surface area contributed by atoms with E-state index < -0.39 is 23.5 Å². The largest absolute Gasteiger partial charge is 0.435 e. The van der Waals surface area contributed by atoms with E-state index in [4.69, 9.17) is 0 Å². The van der Waals surface area contributed by atoms with Gasteiger partial charge < -0.3 is 15.5 Å². The third-order valence-electron chi connectivity index (χ3n) is 4.71. The summed E-state index contributed by atoms with van der Waals surface area (Å²) in [6, 6.07) is 3.55. The van der Waals surface area contributed by atoms with Crippen LogP contribution in [-0.2, 0) is 19.8 Å². The minimum absolute atomic E-state index is 0. The first-order valence-electron chi connectivity index (χ1n) is 9.52. The van der Waals surface area contributed by atoms with E-state index in [0.717, 1.165) is 4.68 Å². The van der Waals surface area contributed by atoms with Gasteiger partial charge in [-0.1, -0.05) is 6.07 Å². The number of alkyl halides is 3. The first kappa shape index (κ1) is 25.1. The van der Waals surface area contributed by atoms with Gasteiger partial charge in [-0.25, -0.2) is 13.8 Å². The molecule has 0 saturated carbocycles. The quantitative estimate of drug-likeness (QED) is 0.255. The third kappa shape index (κ3) is 6.20. The Morgan fingerprint density at radius 2 is 1.94 bits per heavy atom. The van der Waals surface area contributed by atoms with E-state index in [1.165, 1.54) is 31.4 Å². The number of aryl methyl sites for hydroxylation is 1. The fraction of sp³-hybridized carbons (Fsp3) is 0.474. The van der Waals surface area contributed by atoms with E-state index in [9.17, 15) is 22.0 Å². The summed E-state index contributed by atoms with van der Waals surface area (Å²) in [5, 5.41) is 9.59. The van der Waals surface area contributed by atoms with E-state index in [-0.39, 0.29) is 47.8 Å². The Morgan fingerprint density at radius 1 is 1.26 bits per heavy atom. The van der Waals surface area contributed by atoms with Crippen LogP contribution in [0.3, 0.4) is 0 Å². The predicted molar refractivity (Wildman–Crippen MR) is 119 cm³/mol. The molecule has 1 aliphatic heterocycles. The van der Waals surface area contributed by atoms with Crippen molar-refractivity contribution in [3.05, 3.63) is 47.3 Å². The van der Waals surface area contributed by atoms with Crippen LogP contribution in [0, 0.1) is 11.6 Å². The Labute approximate surface area is 193 Å². The molecule has 1 unspecified atom stereocenters. The number of aromatic nitrogens is 2. The summed E-state index contributed by atoms with van der Waals surface area (Å²) in [6.07, 6.45) is -2.68. The second kappa shape index (κ2) is 10.5. The van der Waals surface area contributed by atoms with Crippen molar-refractivity contribution >= 4 is 35.6 Å². The molecular formula is C19H24F5IN6. The zero-order chi connectivity index (χ0) is 21.9. The Balaban J connectivity index is 0.00000341. The van der Waals surface area contributed by atoms with Crippen LogP contribution in [-0.4, -0.2) is 41.4 Å². The molecular weight excluding hydrogens is 534 g/mol. The van der Waals surface area contributed by atoms with Crippen molar-refractivity contribution in [1.29, 1.82) is 0 Å². The zero-order valence-electron chi connectivity index (χ0n) is 17.0. The van der Waals surface area contributed by atoms with Crippen LogP contribution in [0.2, 0.25) is 0 Å². The maximum absolute atomic E-state index is 14.0. The summed E-state index contributed by atoms with van der Waals surface area (Å²) in [5.41, 5.74) is -1.08. The number of para-hydroxylation sites is 1. The van der Waals surface area contributed by atoms with E-state index in [2.05, 4.69) is 20.7 Å². The van der Waals surface area contributed by atoms with E-state index in [0.29, 0.717) is 32.0 Å². The van der Waals surface area contributed by atoms with Crippen molar-refractivity contribution < 1.29 is 22.0 Å². The van der Waals surface area contributed by atoms with Gasteiger partial charge >= 0.3 is 6.18 Å². The molecule has 0 radical (unpaired) electrons. The van der Waals surface area contributed by atoms with Crippen LogP contribution < -0.4 is 15.5 Å². The second-order valence-electron chi connectivity index (χ2n) is 7.02. The summed E-state index contributed by atoms with van der Waals surface area (Å²) >= 11 is 0. The molecule has 12 heteroatoms. The van der Waals surface area contributed by atoms with Gasteiger partial charge in [0.25, 0.3) is 0 Å². The van der Waals surface area contributed by atoms with Crippen molar-refractivity contribution in [2.45, 2.75) is 32.1 Å². The number of guanidine groups is 1. The highest BCUT2D eigenvalue weighted by molar-refractivity contribution is 14.0. The second-order valence-corrected chi connectivity index (χ2v) is 7.02. The monoisotopic (exact) mass is 558 g/mol. The van der Waals surface area contributed by atoms with Crippen molar-refractivity contribution in [2.75, 3.05) is 24.5 Å². The van der Waals surface area contributed by atoms with Crippen LogP contribution in [0.25, 0.3) is 0 Å². The topological polar surface area (TPSA) is 57.5 Å². The lowest BCUT2D eigenvalue weighted by molar-refractivity contribution is -0.142. The first-order chi connectivity index (χ1) is 14.2. The Kier molecular flexibility index (Phi) is 8.49. The maximum atomic E-state index is 14.0. The van der Waals surface area contributed by atoms with Crippen molar-refractivity contribution in [3.8, 4) is 0 Å². The molecule has 172 valence electrons. The number of benzene rings is 1. The highest BCUT2D eigenvalue weighted by Crippen LogP contribution is 2.31. The van der Waals surface area contributed by atoms with Crippen LogP contribution in [0.15, 0.2) is 29.4 Å².